The van der Waals surface area contributed by atoms with Crippen LogP contribution in [-0.2, 0) is 6.42 Å². The van der Waals surface area contributed by atoms with Crippen molar-refractivity contribution in [2.24, 2.45) is 0 Å². The van der Waals surface area contributed by atoms with Gasteiger partial charge in [0.1, 0.15) is 16.2 Å². The Bertz CT molecular complexity index is 530. The normalized spacial score (nSPS) is 12.2. The van der Waals surface area contributed by atoms with Gasteiger partial charge < -0.3 is 5.32 Å². The first kappa shape index (κ1) is 13.9. The average molecular weight is 321 g/mol. The largest absolute Gasteiger partial charge is 0.362 e. The molecule has 0 fully saturated rings. The van der Waals surface area contributed by atoms with Crippen LogP contribution in [0.3, 0.4) is 0 Å². The standard InChI is InChI=1S/C14H17BrN4/c1-3-6-13-18-12(15)9-14(19-13)17-10(2)11-7-4-5-8-16-11/h4-5,7-10H,3,6H2,1-2H3,(H,17,18,19). The highest BCUT2D eigenvalue weighted by molar-refractivity contribution is 9.10. The van der Waals surface area contributed by atoms with Gasteiger partial charge in [0.2, 0.25) is 0 Å². The lowest BCUT2D eigenvalue weighted by molar-refractivity contribution is 0.801. The molecule has 0 aromatic carbocycles. The lowest BCUT2D eigenvalue weighted by Crippen LogP contribution is -2.10. The Morgan fingerprint density at radius 3 is 2.84 bits per heavy atom. The predicted octanol–water partition coefficient (Wildman–Crippen LogP) is 3.76. The first-order valence-corrected chi connectivity index (χ1v) is 7.19. The monoisotopic (exact) mass is 320 g/mol. The van der Waals surface area contributed by atoms with E-state index in [2.05, 4.69) is 50.0 Å². The highest BCUT2D eigenvalue weighted by Gasteiger charge is 2.08. The molecule has 0 spiro atoms. The molecule has 0 bridgehead atoms. The Morgan fingerprint density at radius 1 is 1.32 bits per heavy atom. The molecule has 19 heavy (non-hydrogen) atoms. The SMILES string of the molecule is CCCc1nc(Br)cc(NC(C)c2ccccn2)n1. The predicted molar refractivity (Wildman–Crippen MR) is 80.0 cm³/mol. The zero-order valence-electron chi connectivity index (χ0n) is 11.1. The van der Waals surface area contributed by atoms with Gasteiger partial charge in [0.15, 0.2) is 0 Å². The lowest BCUT2D eigenvalue weighted by atomic mass is 10.2. The Balaban J connectivity index is 2.14. The van der Waals surface area contributed by atoms with E-state index in [9.17, 15) is 0 Å². The zero-order valence-corrected chi connectivity index (χ0v) is 12.7. The van der Waals surface area contributed by atoms with Crippen LogP contribution in [0.25, 0.3) is 0 Å². The lowest BCUT2D eigenvalue weighted by Gasteiger charge is -2.14. The van der Waals surface area contributed by atoms with E-state index in [1.807, 2.05) is 24.3 Å². The summed E-state index contributed by atoms with van der Waals surface area (Å²) in [6.45, 7) is 4.19. The first-order chi connectivity index (χ1) is 9.19. The summed E-state index contributed by atoms with van der Waals surface area (Å²) in [5.41, 5.74) is 0.995. The van der Waals surface area contributed by atoms with Crippen molar-refractivity contribution in [2.75, 3.05) is 5.32 Å². The number of hydrogen-bond donors (Lipinski definition) is 1. The van der Waals surface area contributed by atoms with Crippen LogP contribution >= 0.6 is 15.9 Å². The van der Waals surface area contributed by atoms with E-state index in [4.69, 9.17) is 0 Å². The number of halogens is 1. The summed E-state index contributed by atoms with van der Waals surface area (Å²) < 4.78 is 0.807. The molecule has 2 rings (SSSR count). The third-order valence-corrected chi connectivity index (χ3v) is 3.12. The third kappa shape index (κ3) is 3.99. The third-order valence-electron chi connectivity index (χ3n) is 2.71. The Hall–Kier alpha value is -1.49. The topological polar surface area (TPSA) is 50.7 Å². The average Bonchev–Trinajstić information content (AvgIpc) is 2.39. The Kier molecular flexibility index (Phi) is 4.85. The van der Waals surface area contributed by atoms with Gasteiger partial charge in [0, 0.05) is 18.7 Å². The van der Waals surface area contributed by atoms with E-state index in [1.54, 1.807) is 6.20 Å². The molecule has 0 radical (unpaired) electrons. The summed E-state index contributed by atoms with van der Waals surface area (Å²) in [5, 5.41) is 3.35. The van der Waals surface area contributed by atoms with Gasteiger partial charge in [-0.3, -0.25) is 4.98 Å². The minimum absolute atomic E-state index is 0.109. The summed E-state index contributed by atoms with van der Waals surface area (Å²) in [4.78, 5) is 13.2. The van der Waals surface area contributed by atoms with Crippen molar-refractivity contribution >= 4 is 21.7 Å². The van der Waals surface area contributed by atoms with Crippen molar-refractivity contribution in [1.29, 1.82) is 0 Å². The molecule has 4 nitrogen and oxygen atoms in total. The molecule has 0 aliphatic rings. The molecular formula is C14H17BrN4. The van der Waals surface area contributed by atoms with Crippen LogP contribution in [0.4, 0.5) is 5.82 Å². The second-order valence-corrected chi connectivity index (χ2v) is 5.18. The number of aryl methyl sites for hydroxylation is 1. The fourth-order valence-corrected chi connectivity index (χ4v) is 2.22. The Morgan fingerprint density at radius 2 is 2.16 bits per heavy atom. The van der Waals surface area contributed by atoms with Crippen molar-refractivity contribution in [3.8, 4) is 0 Å². The summed E-state index contributed by atoms with van der Waals surface area (Å²) >= 11 is 3.42. The van der Waals surface area contributed by atoms with E-state index in [0.717, 1.165) is 34.8 Å². The van der Waals surface area contributed by atoms with Crippen LogP contribution in [0.1, 0.15) is 37.8 Å². The molecule has 2 heterocycles. The van der Waals surface area contributed by atoms with E-state index in [-0.39, 0.29) is 6.04 Å². The van der Waals surface area contributed by atoms with Gasteiger partial charge in [-0.15, -0.1) is 0 Å². The highest BCUT2D eigenvalue weighted by atomic mass is 79.9. The number of hydrogen-bond acceptors (Lipinski definition) is 4. The number of rotatable bonds is 5. The van der Waals surface area contributed by atoms with Gasteiger partial charge in [-0.1, -0.05) is 13.0 Å². The van der Waals surface area contributed by atoms with Crippen molar-refractivity contribution in [2.45, 2.75) is 32.7 Å². The maximum Gasteiger partial charge on any atom is 0.132 e. The molecule has 0 aliphatic heterocycles. The molecule has 1 atom stereocenters. The number of anilines is 1. The summed E-state index contributed by atoms with van der Waals surface area (Å²) in [6, 6.07) is 7.90. The van der Waals surface area contributed by atoms with Crippen LogP contribution in [0, 0.1) is 0 Å². The minimum atomic E-state index is 0.109. The molecular weight excluding hydrogens is 304 g/mol. The second kappa shape index (κ2) is 6.61. The molecule has 1 unspecified atom stereocenters. The van der Waals surface area contributed by atoms with E-state index < -0.39 is 0 Å². The van der Waals surface area contributed by atoms with Crippen LogP contribution in [0.2, 0.25) is 0 Å². The maximum atomic E-state index is 4.51. The van der Waals surface area contributed by atoms with Crippen LogP contribution in [0.15, 0.2) is 35.1 Å². The molecule has 100 valence electrons. The van der Waals surface area contributed by atoms with Crippen molar-refractivity contribution in [3.05, 3.63) is 46.6 Å². The minimum Gasteiger partial charge on any atom is -0.362 e. The quantitative estimate of drug-likeness (QED) is 0.852. The number of nitrogens with zero attached hydrogens (tertiary/aromatic N) is 3. The highest BCUT2D eigenvalue weighted by Crippen LogP contribution is 2.18. The van der Waals surface area contributed by atoms with Gasteiger partial charge in [-0.2, -0.15) is 0 Å². The molecule has 0 saturated carbocycles. The fraction of sp³-hybridized carbons (Fsp3) is 0.357. The smallest absolute Gasteiger partial charge is 0.132 e. The molecule has 1 N–H and O–H groups in total. The van der Waals surface area contributed by atoms with Crippen LogP contribution in [0.5, 0.6) is 0 Å². The molecule has 0 saturated heterocycles. The molecule has 2 aromatic heterocycles. The van der Waals surface area contributed by atoms with E-state index in [0.29, 0.717) is 0 Å². The Labute approximate surface area is 121 Å². The maximum absolute atomic E-state index is 4.51. The molecule has 2 aromatic rings. The fourth-order valence-electron chi connectivity index (χ4n) is 1.80. The van der Waals surface area contributed by atoms with Gasteiger partial charge in [-0.05, 0) is 41.4 Å². The van der Waals surface area contributed by atoms with Gasteiger partial charge in [0.25, 0.3) is 0 Å². The van der Waals surface area contributed by atoms with Crippen molar-refractivity contribution in [3.63, 3.8) is 0 Å². The number of nitrogens with one attached hydrogen (secondary N) is 1. The van der Waals surface area contributed by atoms with Gasteiger partial charge in [-0.25, -0.2) is 9.97 Å². The van der Waals surface area contributed by atoms with Crippen LogP contribution in [-0.4, -0.2) is 15.0 Å². The summed E-state index contributed by atoms with van der Waals surface area (Å²) in [7, 11) is 0. The van der Waals surface area contributed by atoms with E-state index >= 15 is 0 Å². The molecule has 5 heteroatoms. The van der Waals surface area contributed by atoms with Gasteiger partial charge in [0.05, 0.1) is 11.7 Å². The summed E-state index contributed by atoms with van der Waals surface area (Å²) in [5.74, 6) is 1.68. The summed E-state index contributed by atoms with van der Waals surface area (Å²) in [6.07, 6.45) is 3.71. The number of aromatic nitrogens is 3. The van der Waals surface area contributed by atoms with E-state index in [1.165, 1.54) is 0 Å². The van der Waals surface area contributed by atoms with Crippen molar-refractivity contribution < 1.29 is 0 Å². The second-order valence-electron chi connectivity index (χ2n) is 4.36. The zero-order chi connectivity index (χ0) is 13.7. The van der Waals surface area contributed by atoms with Crippen LogP contribution < -0.4 is 5.32 Å². The first-order valence-electron chi connectivity index (χ1n) is 6.40. The van der Waals surface area contributed by atoms with Gasteiger partial charge >= 0.3 is 0 Å². The number of pyridine rings is 1. The van der Waals surface area contributed by atoms with Crippen molar-refractivity contribution in [1.82, 2.24) is 15.0 Å². The molecule has 0 aliphatic carbocycles. The molecule has 0 amide bonds.